The Morgan fingerprint density at radius 1 is 1.40 bits per heavy atom. The number of sulfone groups is 1. The molecule has 6 heteroatoms. The van der Waals surface area contributed by atoms with Crippen LogP contribution in [0.2, 0.25) is 0 Å². The topological polar surface area (TPSA) is 89.3 Å². The second-order valence-electron chi connectivity index (χ2n) is 3.23. The van der Waals surface area contributed by atoms with Gasteiger partial charge in [-0.2, -0.15) is 0 Å². The molecule has 0 unspecified atom stereocenters. The summed E-state index contributed by atoms with van der Waals surface area (Å²) in [4.78, 5) is 11.3. The number of fused-ring (bicyclic) bond motifs is 1. The lowest BCUT2D eigenvalue weighted by Crippen LogP contribution is -2.30. The molecule has 80 valence electrons. The Kier molecular flexibility index (Phi) is 2.24. The van der Waals surface area contributed by atoms with Crippen molar-refractivity contribution >= 4 is 20.6 Å². The van der Waals surface area contributed by atoms with Gasteiger partial charge in [0.25, 0.3) is 5.12 Å². The Hall–Kier alpha value is -1.40. The van der Waals surface area contributed by atoms with Gasteiger partial charge in [0.1, 0.15) is 4.90 Å². The summed E-state index contributed by atoms with van der Waals surface area (Å²) in [5.74, 6) is 0. The van der Waals surface area contributed by atoms with E-state index in [9.17, 15) is 13.2 Å². The fourth-order valence-electron chi connectivity index (χ4n) is 1.58. The Balaban J connectivity index is 2.77. The maximum absolute atomic E-state index is 11.7. The zero-order chi connectivity index (χ0) is 11.1. The molecule has 0 saturated heterocycles. The highest BCUT2D eigenvalue weighted by atomic mass is 32.2. The van der Waals surface area contributed by atoms with Crippen LogP contribution < -0.4 is 11.1 Å². The summed E-state index contributed by atoms with van der Waals surface area (Å²) in [6, 6.07) is 4.94. The van der Waals surface area contributed by atoms with Crippen LogP contribution in [-0.4, -0.2) is 20.1 Å². The summed E-state index contributed by atoms with van der Waals surface area (Å²) in [5, 5.41) is 1.95. The summed E-state index contributed by atoms with van der Waals surface area (Å²) in [5.41, 5.74) is 6.36. The number of anilines is 1. The van der Waals surface area contributed by atoms with Gasteiger partial charge in [0.2, 0.25) is 9.84 Å². The van der Waals surface area contributed by atoms with E-state index in [0.717, 1.165) is 0 Å². The molecular weight excluding hydrogens is 216 g/mol. The number of carbonyl (C=O) groups is 1. The Labute approximate surface area is 87.2 Å². The molecule has 1 aliphatic heterocycles. The number of benzene rings is 1. The maximum atomic E-state index is 11.7. The van der Waals surface area contributed by atoms with E-state index >= 15 is 0 Å². The Morgan fingerprint density at radius 3 is 2.80 bits per heavy atom. The molecule has 1 aliphatic rings. The molecule has 0 spiro atoms. The van der Waals surface area contributed by atoms with Crippen LogP contribution in [0, 0.1) is 0 Å². The smallest absolute Gasteiger partial charge is 0.270 e. The molecule has 0 aliphatic carbocycles. The van der Waals surface area contributed by atoms with Crippen molar-refractivity contribution < 1.29 is 13.2 Å². The second-order valence-corrected chi connectivity index (χ2v) is 5.10. The first kappa shape index (κ1) is 10.1. The first-order valence-electron chi connectivity index (χ1n) is 4.41. The third-order valence-electron chi connectivity index (χ3n) is 2.31. The molecule has 2 rings (SSSR count). The van der Waals surface area contributed by atoms with Crippen LogP contribution >= 0.6 is 0 Å². The molecule has 0 radical (unpaired) electrons. The van der Waals surface area contributed by atoms with Crippen molar-refractivity contribution in [3.8, 4) is 0 Å². The van der Waals surface area contributed by atoms with Gasteiger partial charge in [0.15, 0.2) is 0 Å². The molecule has 0 aromatic heterocycles. The van der Waals surface area contributed by atoms with E-state index in [-0.39, 0.29) is 18.0 Å². The SMILES string of the molecule is NCc1cccc2c1S(=O)(=O)C(=O)CN2. The molecule has 5 nitrogen and oxygen atoms in total. The minimum atomic E-state index is -3.84. The van der Waals surface area contributed by atoms with Gasteiger partial charge >= 0.3 is 0 Å². The van der Waals surface area contributed by atoms with Crippen molar-refractivity contribution in [2.24, 2.45) is 5.73 Å². The monoisotopic (exact) mass is 226 g/mol. The predicted molar refractivity (Wildman–Crippen MR) is 55.0 cm³/mol. The highest BCUT2D eigenvalue weighted by molar-refractivity contribution is 8.06. The molecule has 15 heavy (non-hydrogen) atoms. The van der Waals surface area contributed by atoms with Gasteiger partial charge in [-0.25, -0.2) is 8.42 Å². The normalized spacial score (nSPS) is 18.1. The lowest BCUT2D eigenvalue weighted by Gasteiger charge is -2.19. The van der Waals surface area contributed by atoms with E-state index in [1.54, 1.807) is 18.2 Å². The first-order valence-corrected chi connectivity index (χ1v) is 5.89. The maximum Gasteiger partial charge on any atom is 0.270 e. The molecule has 0 bridgehead atoms. The summed E-state index contributed by atoms with van der Waals surface area (Å²) in [6.07, 6.45) is 0. The largest absolute Gasteiger partial charge is 0.376 e. The fraction of sp³-hybridized carbons (Fsp3) is 0.222. The zero-order valence-corrected chi connectivity index (χ0v) is 8.67. The van der Waals surface area contributed by atoms with E-state index < -0.39 is 15.0 Å². The minimum absolute atomic E-state index is 0.0313. The Morgan fingerprint density at radius 2 is 2.13 bits per heavy atom. The van der Waals surface area contributed by atoms with Crippen molar-refractivity contribution in [3.05, 3.63) is 23.8 Å². The average Bonchev–Trinajstić information content (AvgIpc) is 2.23. The molecule has 1 aromatic rings. The highest BCUT2D eigenvalue weighted by Crippen LogP contribution is 2.29. The molecule has 0 atom stereocenters. The highest BCUT2D eigenvalue weighted by Gasteiger charge is 2.33. The van der Waals surface area contributed by atoms with Crippen LogP contribution in [0.15, 0.2) is 23.1 Å². The summed E-state index contributed by atoms with van der Waals surface area (Å²) in [6.45, 7) is -0.0826. The standard InChI is InChI=1S/C9H10N2O3S/c10-4-6-2-1-3-7-9(6)15(13,14)8(12)5-11-7/h1-3,11H,4-5,10H2. The molecule has 0 saturated carbocycles. The molecule has 3 N–H and O–H groups in total. The number of hydrogen-bond donors (Lipinski definition) is 2. The molecular formula is C9H10N2O3S. The number of carbonyl (C=O) groups excluding carboxylic acids is 1. The quantitative estimate of drug-likeness (QED) is 0.696. The predicted octanol–water partition coefficient (Wildman–Crippen LogP) is -0.129. The van der Waals surface area contributed by atoms with Crippen LogP contribution in [0.4, 0.5) is 5.69 Å². The van der Waals surface area contributed by atoms with Gasteiger partial charge in [-0.15, -0.1) is 0 Å². The van der Waals surface area contributed by atoms with Gasteiger partial charge in [-0.3, -0.25) is 4.79 Å². The summed E-state index contributed by atoms with van der Waals surface area (Å²) in [7, 11) is -3.84. The van der Waals surface area contributed by atoms with Gasteiger partial charge < -0.3 is 11.1 Å². The minimum Gasteiger partial charge on any atom is -0.376 e. The van der Waals surface area contributed by atoms with E-state index in [4.69, 9.17) is 5.73 Å². The third kappa shape index (κ3) is 1.42. The number of hydrogen-bond acceptors (Lipinski definition) is 5. The fourth-order valence-corrected chi connectivity index (χ4v) is 2.99. The van der Waals surface area contributed by atoms with Crippen molar-refractivity contribution in [2.75, 3.05) is 11.9 Å². The van der Waals surface area contributed by atoms with Crippen molar-refractivity contribution in [1.29, 1.82) is 0 Å². The van der Waals surface area contributed by atoms with E-state index in [1.165, 1.54) is 0 Å². The van der Waals surface area contributed by atoms with Crippen molar-refractivity contribution in [2.45, 2.75) is 11.4 Å². The van der Waals surface area contributed by atoms with Crippen LogP contribution in [0.25, 0.3) is 0 Å². The van der Waals surface area contributed by atoms with E-state index in [0.29, 0.717) is 11.3 Å². The van der Waals surface area contributed by atoms with E-state index in [2.05, 4.69) is 5.32 Å². The number of nitrogens with two attached hydrogens (primary N) is 1. The van der Waals surface area contributed by atoms with Crippen LogP contribution in [0.5, 0.6) is 0 Å². The van der Waals surface area contributed by atoms with Gasteiger partial charge in [-0.1, -0.05) is 12.1 Å². The second kappa shape index (κ2) is 3.32. The molecule has 1 heterocycles. The number of nitrogens with one attached hydrogen (secondary N) is 1. The van der Waals surface area contributed by atoms with Crippen LogP contribution in [-0.2, 0) is 21.2 Å². The first-order chi connectivity index (χ1) is 7.07. The lowest BCUT2D eigenvalue weighted by molar-refractivity contribution is -0.110. The third-order valence-corrected chi connectivity index (χ3v) is 4.07. The summed E-state index contributed by atoms with van der Waals surface area (Å²) >= 11 is 0. The van der Waals surface area contributed by atoms with Crippen molar-refractivity contribution in [1.82, 2.24) is 0 Å². The van der Waals surface area contributed by atoms with Crippen LogP contribution in [0.1, 0.15) is 5.56 Å². The van der Waals surface area contributed by atoms with Gasteiger partial charge in [-0.05, 0) is 11.6 Å². The van der Waals surface area contributed by atoms with Gasteiger partial charge in [0.05, 0.1) is 12.2 Å². The van der Waals surface area contributed by atoms with Crippen molar-refractivity contribution in [3.63, 3.8) is 0 Å². The molecule has 1 aromatic carbocycles. The Bertz CT molecular complexity index is 508. The zero-order valence-electron chi connectivity index (χ0n) is 7.86. The summed E-state index contributed by atoms with van der Waals surface area (Å²) < 4.78 is 23.5. The lowest BCUT2D eigenvalue weighted by atomic mass is 10.2. The molecule has 0 amide bonds. The average molecular weight is 226 g/mol. The molecule has 0 fully saturated rings. The van der Waals surface area contributed by atoms with Gasteiger partial charge in [0, 0.05) is 6.54 Å². The van der Waals surface area contributed by atoms with Crippen LogP contribution in [0.3, 0.4) is 0 Å². The number of rotatable bonds is 1. The van der Waals surface area contributed by atoms with E-state index in [1.807, 2.05) is 0 Å².